The van der Waals surface area contributed by atoms with E-state index in [2.05, 4.69) is 15.5 Å². The second-order valence-corrected chi connectivity index (χ2v) is 5.66. The molecule has 0 fully saturated rings. The Labute approximate surface area is 125 Å². The first-order chi connectivity index (χ1) is 10.1. The van der Waals surface area contributed by atoms with E-state index < -0.39 is 0 Å². The van der Waals surface area contributed by atoms with Crippen LogP contribution in [0.25, 0.3) is 10.7 Å². The van der Waals surface area contributed by atoms with Gasteiger partial charge in [-0.05, 0) is 37.4 Å². The van der Waals surface area contributed by atoms with Gasteiger partial charge in [-0.3, -0.25) is 0 Å². The summed E-state index contributed by atoms with van der Waals surface area (Å²) in [5, 5.41) is 9.13. The highest BCUT2D eigenvalue weighted by Crippen LogP contribution is 2.26. The minimum atomic E-state index is -0.239. The summed E-state index contributed by atoms with van der Waals surface area (Å²) in [4.78, 5) is 5.33. The van der Waals surface area contributed by atoms with E-state index >= 15 is 0 Å². The third-order valence-electron chi connectivity index (χ3n) is 3.19. The fourth-order valence-corrected chi connectivity index (χ4v) is 2.62. The minimum Gasteiger partial charge on any atom is -0.374 e. The molecule has 6 heteroatoms. The van der Waals surface area contributed by atoms with Crippen molar-refractivity contribution in [3.8, 4) is 10.7 Å². The molecule has 2 heterocycles. The Kier molecular flexibility index (Phi) is 3.70. The number of hydrogen-bond donors (Lipinski definition) is 1. The van der Waals surface area contributed by atoms with Gasteiger partial charge in [0.1, 0.15) is 11.9 Å². The molecule has 0 saturated carbocycles. The molecule has 2 aromatic heterocycles. The van der Waals surface area contributed by atoms with Gasteiger partial charge in [-0.2, -0.15) is 4.98 Å². The number of nitrogens with one attached hydrogen (secondary N) is 1. The van der Waals surface area contributed by atoms with E-state index in [4.69, 9.17) is 4.52 Å². The van der Waals surface area contributed by atoms with Crippen LogP contribution in [0.5, 0.6) is 0 Å². The van der Waals surface area contributed by atoms with Crippen LogP contribution in [0, 0.1) is 12.7 Å². The highest BCUT2D eigenvalue weighted by atomic mass is 32.1. The first kappa shape index (κ1) is 13.8. The smallest absolute Gasteiger partial charge is 0.249 e. The Morgan fingerprint density at radius 2 is 2.14 bits per heavy atom. The lowest BCUT2D eigenvalue weighted by molar-refractivity contribution is 0.368. The van der Waals surface area contributed by atoms with Gasteiger partial charge in [0.15, 0.2) is 0 Å². The standard InChI is InChI=1S/C15H14FN3OS/c1-9-11(16)5-3-6-12(9)17-10(2)15-18-14(19-20-15)13-7-4-8-21-13/h3-8,10,17H,1-2H3. The molecule has 1 N–H and O–H groups in total. The van der Waals surface area contributed by atoms with E-state index in [1.165, 1.54) is 6.07 Å². The number of halogens is 1. The maximum Gasteiger partial charge on any atom is 0.249 e. The third kappa shape index (κ3) is 2.80. The number of nitrogens with zero attached hydrogens (tertiary/aromatic N) is 2. The first-order valence-electron chi connectivity index (χ1n) is 6.54. The predicted octanol–water partition coefficient (Wildman–Crippen LogP) is 4.42. The Balaban J connectivity index is 1.79. The zero-order chi connectivity index (χ0) is 14.8. The first-order valence-corrected chi connectivity index (χ1v) is 7.42. The zero-order valence-corrected chi connectivity index (χ0v) is 12.4. The van der Waals surface area contributed by atoms with Crippen molar-refractivity contribution in [3.05, 3.63) is 53.0 Å². The van der Waals surface area contributed by atoms with Crippen molar-refractivity contribution >= 4 is 17.0 Å². The highest BCUT2D eigenvalue weighted by Gasteiger charge is 2.16. The molecular formula is C15H14FN3OS. The predicted molar refractivity (Wildman–Crippen MR) is 80.8 cm³/mol. The van der Waals surface area contributed by atoms with Crippen molar-refractivity contribution in [1.29, 1.82) is 0 Å². The lowest BCUT2D eigenvalue weighted by Crippen LogP contribution is -2.08. The maximum atomic E-state index is 13.5. The quantitative estimate of drug-likeness (QED) is 0.775. The SMILES string of the molecule is Cc1c(F)cccc1NC(C)c1nc(-c2cccs2)no1. The Morgan fingerprint density at radius 3 is 2.90 bits per heavy atom. The number of thiophene rings is 1. The topological polar surface area (TPSA) is 51.0 Å². The van der Waals surface area contributed by atoms with Crippen molar-refractivity contribution in [2.45, 2.75) is 19.9 Å². The zero-order valence-electron chi connectivity index (χ0n) is 11.6. The molecule has 0 aliphatic rings. The number of rotatable bonds is 4. The van der Waals surface area contributed by atoms with Crippen LogP contribution in [0.4, 0.5) is 10.1 Å². The van der Waals surface area contributed by atoms with Gasteiger partial charge in [0, 0.05) is 11.3 Å². The summed E-state index contributed by atoms with van der Waals surface area (Å²) in [7, 11) is 0. The van der Waals surface area contributed by atoms with Crippen LogP contribution < -0.4 is 5.32 Å². The van der Waals surface area contributed by atoms with Gasteiger partial charge in [0.05, 0.1) is 4.88 Å². The summed E-state index contributed by atoms with van der Waals surface area (Å²) in [6.07, 6.45) is 0. The van der Waals surface area contributed by atoms with Crippen molar-refractivity contribution < 1.29 is 8.91 Å². The summed E-state index contributed by atoms with van der Waals surface area (Å²) in [6.45, 7) is 3.63. The van der Waals surface area contributed by atoms with E-state index in [1.54, 1.807) is 24.3 Å². The fraction of sp³-hybridized carbons (Fsp3) is 0.200. The van der Waals surface area contributed by atoms with Crippen LogP contribution in [0.1, 0.15) is 24.4 Å². The largest absolute Gasteiger partial charge is 0.374 e. The fourth-order valence-electron chi connectivity index (χ4n) is 1.98. The van der Waals surface area contributed by atoms with Crippen LogP contribution in [-0.2, 0) is 0 Å². The average Bonchev–Trinajstić information content (AvgIpc) is 3.13. The molecule has 0 amide bonds. The van der Waals surface area contributed by atoms with Crippen molar-refractivity contribution in [2.24, 2.45) is 0 Å². The molecule has 108 valence electrons. The van der Waals surface area contributed by atoms with Crippen LogP contribution in [-0.4, -0.2) is 10.1 Å². The molecule has 1 unspecified atom stereocenters. The van der Waals surface area contributed by atoms with Gasteiger partial charge in [0.25, 0.3) is 0 Å². The molecule has 0 bridgehead atoms. The van der Waals surface area contributed by atoms with E-state index in [0.29, 0.717) is 17.3 Å². The van der Waals surface area contributed by atoms with E-state index in [0.717, 1.165) is 10.6 Å². The molecule has 21 heavy (non-hydrogen) atoms. The van der Waals surface area contributed by atoms with E-state index in [9.17, 15) is 4.39 Å². The number of anilines is 1. The number of benzene rings is 1. The van der Waals surface area contributed by atoms with Crippen molar-refractivity contribution in [1.82, 2.24) is 10.1 Å². The maximum absolute atomic E-state index is 13.5. The van der Waals surface area contributed by atoms with E-state index in [1.807, 2.05) is 30.5 Å². The van der Waals surface area contributed by atoms with Crippen molar-refractivity contribution in [3.63, 3.8) is 0 Å². The van der Waals surface area contributed by atoms with Gasteiger partial charge in [-0.1, -0.05) is 17.3 Å². The van der Waals surface area contributed by atoms with Crippen LogP contribution in [0.15, 0.2) is 40.2 Å². The summed E-state index contributed by atoms with van der Waals surface area (Å²) in [5.74, 6) is 0.809. The normalized spacial score (nSPS) is 12.3. The average molecular weight is 303 g/mol. The molecule has 4 nitrogen and oxygen atoms in total. The lowest BCUT2D eigenvalue weighted by atomic mass is 10.1. The Bertz CT molecular complexity index is 739. The van der Waals surface area contributed by atoms with Gasteiger partial charge < -0.3 is 9.84 Å². The number of hydrogen-bond acceptors (Lipinski definition) is 5. The molecule has 0 radical (unpaired) electrons. The van der Waals surface area contributed by atoms with Crippen LogP contribution >= 0.6 is 11.3 Å². The van der Waals surface area contributed by atoms with Crippen LogP contribution in [0.2, 0.25) is 0 Å². The molecular weight excluding hydrogens is 289 g/mol. The minimum absolute atomic E-state index is 0.202. The monoisotopic (exact) mass is 303 g/mol. The molecule has 0 aliphatic carbocycles. The molecule has 0 saturated heterocycles. The second kappa shape index (κ2) is 5.65. The molecule has 3 rings (SSSR count). The summed E-state index contributed by atoms with van der Waals surface area (Å²) >= 11 is 1.55. The van der Waals surface area contributed by atoms with Gasteiger partial charge in [-0.15, -0.1) is 11.3 Å². The molecule has 1 aromatic carbocycles. The Hall–Kier alpha value is -2.21. The summed E-state index contributed by atoms with van der Waals surface area (Å²) in [5.41, 5.74) is 1.29. The molecule has 0 spiro atoms. The van der Waals surface area contributed by atoms with Gasteiger partial charge in [0.2, 0.25) is 11.7 Å². The number of aromatic nitrogens is 2. The molecule has 3 aromatic rings. The third-order valence-corrected chi connectivity index (χ3v) is 4.06. The molecule has 0 aliphatic heterocycles. The van der Waals surface area contributed by atoms with Crippen LogP contribution in [0.3, 0.4) is 0 Å². The lowest BCUT2D eigenvalue weighted by Gasteiger charge is -2.13. The highest BCUT2D eigenvalue weighted by molar-refractivity contribution is 7.13. The molecule has 1 atom stereocenters. The van der Waals surface area contributed by atoms with E-state index in [-0.39, 0.29) is 11.9 Å². The Morgan fingerprint density at radius 1 is 1.29 bits per heavy atom. The van der Waals surface area contributed by atoms with Gasteiger partial charge >= 0.3 is 0 Å². The summed E-state index contributed by atoms with van der Waals surface area (Å²) < 4.78 is 18.8. The second-order valence-electron chi connectivity index (χ2n) is 4.71. The summed E-state index contributed by atoms with van der Waals surface area (Å²) in [6, 6.07) is 8.61. The van der Waals surface area contributed by atoms with Crippen molar-refractivity contribution in [2.75, 3.05) is 5.32 Å². The van der Waals surface area contributed by atoms with Gasteiger partial charge in [-0.25, -0.2) is 4.39 Å².